The van der Waals surface area contributed by atoms with E-state index in [1.165, 1.54) is 0 Å². The molecule has 0 aliphatic carbocycles. The number of rotatable bonds is 6. The van der Waals surface area contributed by atoms with Crippen LogP contribution in [0, 0.1) is 11.6 Å². The van der Waals surface area contributed by atoms with E-state index in [0.29, 0.717) is 11.4 Å². The first-order valence-corrected chi connectivity index (χ1v) is 7.07. The van der Waals surface area contributed by atoms with Crippen molar-refractivity contribution >= 4 is 5.69 Å². The van der Waals surface area contributed by atoms with Gasteiger partial charge >= 0.3 is 0 Å². The van der Waals surface area contributed by atoms with Gasteiger partial charge in [-0.3, -0.25) is 0 Å². The molecule has 0 saturated carbocycles. The molecule has 0 bridgehead atoms. The molecule has 114 valence electrons. The van der Waals surface area contributed by atoms with Crippen LogP contribution >= 0.6 is 0 Å². The first-order chi connectivity index (χ1) is 10.0. The number of nitrogens with two attached hydrogens (primary N) is 1. The highest BCUT2D eigenvalue weighted by Crippen LogP contribution is 2.28. The average molecular weight is 295 g/mol. The summed E-state index contributed by atoms with van der Waals surface area (Å²) in [5, 5.41) is 11.5. The van der Waals surface area contributed by atoms with Gasteiger partial charge in [0, 0.05) is 17.3 Å². The lowest BCUT2D eigenvalue weighted by Gasteiger charge is -2.14. The standard InChI is InChI=1S/C14H19F2N5/c1-3-4-5-6-9(2)21-14(18-19-20-21)10-7-11(15)12(16)8-13(10)17/h7-9H,3-6,17H2,1-2H3. The van der Waals surface area contributed by atoms with Crippen LogP contribution < -0.4 is 5.73 Å². The summed E-state index contributed by atoms with van der Waals surface area (Å²) in [5.74, 6) is -1.59. The normalized spacial score (nSPS) is 12.6. The fourth-order valence-electron chi connectivity index (χ4n) is 2.24. The van der Waals surface area contributed by atoms with E-state index < -0.39 is 11.6 Å². The molecule has 0 spiro atoms. The lowest BCUT2D eigenvalue weighted by Crippen LogP contribution is -2.10. The van der Waals surface area contributed by atoms with Gasteiger partial charge in [0.1, 0.15) is 0 Å². The molecule has 2 rings (SSSR count). The molecule has 7 heteroatoms. The van der Waals surface area contributed by atoms with Crippen LogP contribution in [0.15, 0.2) is 12.1 Å². The van der Waals surface area contributed by atoms with Crippen LogP contribution in [0.3, 0.4) is 0 Å². The van der Waals surface area contributed by atoms with Crippen molar-refractivity contribution < 1.29 is 8.78 Å². The number of anilines is 1. The van der Waals surface area contributed by atoms with Crippen molar-refractivity contribution in [1.82, 2.24) is 20.2 Å². The Balaban J connectivity index is 2.30. The maximum Gasteiger partial charge on any atom is 0.184 e. The zero-order valence-corrected chi connectivity index (χ0v) is 12.2. The summed E-state index contributed by atoms with van der Waals surface area (Å²) in [6.45, 7) is 4.13. The Morgan fingerprint density at radius 2 is 1.95 bits per heavy atom. The number of halogens is 2. The summed E-state index contributed by atoms with van der Waals surface area (Å²) in [5.41, 5.74) is 6.18. The number of nitrogens with zero attached hydrogens (tertiary/aromatic N) is 4. The number of hydrogen-bond donors (Lipinski definition) is 1. The first-order valence-electron chi connectivity index (χ1n) is 7.07. The van der Waals surface area contributed by atoms with Gasteiger partial charge in [-0.25, -0.2) is 13.5 Å². The molecule has 1 heterocycles. The molecule has 1 aromatic carbocycles. The lowest BCUT2D eigenvalue weighted by atomic mass is 10.1. The van der Waals surface area contributed by atoms with Gasteiger partial charge in [-0.1, -0.05) is 26.2 Å². The second-order valence-electron chi connectivity index (χ2n) is 5.15. The Morgan fingerprint density at radius 3 is 2.67 bits per heavy atom. The zero-order valence-electron chi connectivity index (χ0n) is 12.2. The fourth-order valence-corrected chi connectivity index (χ4v) is 2.24. The Bertz CT molecular complexity index is 611. The molecule has 1 atom stereocenters. The third-order valence-electron chi connectivity index (χ3n) is 3.47. The molecule has 5 nitrogen and oxygen atoms in total. The average Bonchev–Trinajstić information content (AvgIpc) is 2.92. The van der Waals surface area contributed by atoms with Gasteiger partial charge in [0.15, 0.2) is 17.5 Å². The lowest BCUT2D eigenvalue weighted by molar-refractivity contribution is 0.432. The molecule has 0 saturated heterocycles. The van der Waals surface area contributed by atoms with Crippen LogP contribution in [0.5, 0.6) is 0 Å². The topological polar surface area (TPSA) is 69.6 Å². The van der Waals surface area contributed by atoms with Crippen molar-refractivity contribution in [2.45, 2.75) is 45.6 Å². The van der Waals surface area contributed by atoms with Crippen LogP contribution in [0.2, 0.25) is 0 Å². The molecule has 2 aromatic rings. The number of nitrogen functional groups attached to an aromatic ring is 1. The van der Waals surface area contributed by atoms with Gasteiger partial charge in [-0.2, -0.15) is 0 Å². The summed E-state index contributed by atoms with van der Waals surface area (Å²) < 4.78 is 28.2. The minimum atomic E-state index is -0.980. The molecule has 1 aromatic heterocycles. The van der Waals surface area contributed by atoms with E-state index in [-0.39, 0.29) is 11.7 Å². The maximum atomic E-state index is 13.4. The monoisotopic (exact) mass is 295 g/mol. The van der Waals surface area contributed by atoms with Crippen LogP contribution in [0.25, 0.3) is 11.4 Å². The van der Waals surface area contributed by atoms with Gasteiger partial charge < -0.3 is 5.73 Å². The minimum absolute atomic E-state index is 0.0639. The second kappa shape index (κ2) is 6.60. The maximum absolute atomic E-state index is 13.4. The summed E-state index contributed by atoms with van der Waals surface area (Å²) >= 11 is 0. The number of aromatic nitrogens is 4. The number of tetrazole rings is 1. The molecular weight excluding hydrogens is 276 g/mol. The predicted molar refractivity (Wildman–Crippen MR) is 76.4 cm³/mol. The van der Waals surface area contributed by atoms with Crippen molar-refractivity contribution in [2.24, 2.45) is 0 Å². The summed E-state index contributed by atoms with van der Waals surface area (Å²) in [4.78, 5) is 0. The van der Waals surface area contributed by atoms with Crippen molar-refractivity contribution in [1.29, 1.82) is 0 Å². The molecule has 1 unspecified atom stereocenters. The molecule has 0 aliphatic rings. The SMILES string of the molecule is CCCCCC(C)n1nnnc1-c1cc(F)c(F)cc1N. The third-order valence-corrected chi connectivity index (χ3v) is 3.47. The van der Waals surface area contributed by atoms with Crippen LogP contribution in [-0.4, -0.2) is 20.2 Å². The molecular formula is C14H19F2N5. The van der Waals surface area contributed by atoms with E-state index in [1.54, 1.807) is 4.68 Å². The molecule has 21 heavy (non-hydrogen) atoms. The van der Waals surface area contributed by atoms with Gasteiger partial charge in [-0.05, 0) is 29.8 Å². The van der Waals surface area contributed by atoms with E-state index in [9.17, 15) is 8.78 Å². The highest BCUT2D eigenvalue weighted by atomic mass is 19.2. The highest BCUT2D eigenvalue weighted by Gasteiger charge is 2.18. The third kappa shape index (κ3) is 3.34. The van der Waals surface area contributed by atoms with Crippen LogP contribution in [0.4, 0.5) is 14.5 Å². The highest BCUT2D eigenvalue weighted by molar-refractivity contribution is 5.71. The van der Waals surface area contributed by atoms with E-state index in [4.69, 9.17) is 5.73 Å². The number of benzene rings is 1. The summed E-state index contributed by atoms with van der Waals surface area (Å²) in [7, 11) is 0. The Labute approximate surface area is 122 Å². The Kier molecular flexibility index (Phi) is 4.82. The van der Waals surface area contributed by atoms with Crippen molar-refractivity contribution in [3.8, 4) is 11.4 Å². The van der Waals surface area contributed by atoms with E-state index >= 15 is 0 Å². The molecule has 0 fully saturated rings. The minimum Gasteiger partial charge on any atom is -0.398 e. The van der Waals surface area contributed by atoms with E-state index in [1.807, 2.05) is 6.92 Å². The van der Waals surface area contributed by atoms with Crippen molar-refractivity contribution in [2.75, 3.05) is 5.73 Å². The summed E-state index contributed by atoms with van der Waals surface area (Å²) in [6, 6.07) is 2.05. The number of unbranched alkanes of at least 4 members (excludes halogenated alkanes) is 2. The van der Waals surface area contributed by atoms with Gasteiger partial charge in [0.25, 0.3) is 0 Å². The van der Waals surface area contributed by atoms with Crippen molar-refractivity contribution in [3.63, 3.8) is 0 Å². The predicted octanol–water partition coefficient (Wildman–Crippen LogP) is 3.34. The molecule has 2 N–H and O–H groups in total. The van der Waals surface area contributed by atoms with Gasteiger partial charge in [-0.15, -0.1) is 5.10 Å². The van der Waals surface area contributed by atoms with Gasteiger partial charge in [0.2, 0.25) is 0 Å². The van der Waals surface area contributed by atoms with Crippen molar-refractivity contribution in [3.05, 3.63) is 23.8 Å². The summed E-state index contributed by atoms with van der Waals surface area (Å²) in [6.07, 6.45) is 4.24. The quantitative estimate of drug-likeness (QED) is 0.655. The molecule has 0 aliphatic heterocycles. The second-order valence-corrected chi connectivity index (χ2v) is 5.15. The smallest absolute Gasteiger partial charge is 0.184 e. The molecule has 0 amide bonds. The number of hydrogen-bond acceptors (Lipinski definition) is 4. The fraction of sp³-hybridized carbons (Fsp3) is 0.500. The van der Waals surface area contributed by atoms with Crippen LogP contribution in [-0.2, 0) is 0 Å². The zero-order chi connectivity index (χ0) is 15.4. The Morgan fingerprint density at radius 1 is 1.24 bits per heavy atom. The molecule has 0 radical (unpaired) electrons. The van der Waals surface area contributed by atoms with Gasteiger partial charge in [0.05, 0.1) is 6.04 Å². The van der Waals surface area contributed by atoms with E-state index in [0.717, 1.165) is 37.8 Å². The van der Waals surface area contributed by atoms with Crippen LogP contribution in [0.1, 0.15) is 45.6 Å². The first kappa shape index (κ1) is 15.3. The largest absolute Gasteiger partial charge is 0.398 e. The Hall–Kier alpha value is -2.05. The van der Waals surface area contributed by atoms with E-state index in [2.05, 4.69) is 22.4 Å².